The Kier molecular flexibility index (Phi) is 6.41. The highest BCUT2D eigenvalue weighted by Gasteiger charge is 2.49. The van der Waals surface area contributed by atoms with E-state index < -0.39 is 59.4 Å². The van der Waals surface area contributed by atoms with Crippen LogP contribution < -0.4 is 0 Å². The number of rotatable bonds is 4. The molecule has 4 atom stereocenters. The van der Waals surface area contributed by atoms with Crippen LogP contribution in [0.5, 0.6) is 0 Å². The summed E-state index contributed by atoms with van der Waals surface area (Å²) >= 11 is 0. The average molecular weight is 503 g/mol. The Morgan fingerprint density at radius 3 is 2.06 bits per heavy atom. The summed E-state index contributed by atoms with van der Waals surface area (Å²) in [6.45, 7) is 1.32. The van der Waals surface area contributed by atoms with Crippen molar-refractivity contribution in [1.82, 2.24) is 4.90 Å². The van der Waals surface area contributed by atoms with Crippen LogP contribution in [-0.2, 0) is 26.7 Å². The zero-order valence-corrected chi connectivity index (χ0v) is 18.3. The van der Waals surface area contributed by atoms with E-state index in [1.807, 2.05) is 0 Å². The van der Waals surface area contributed by atoms with Crippen molar-refractivity contribution < 1.29 is 45.1 Å². The maximum absolute atomic E-state index is 13.5. The topological polar surface area (TPSA) is 46.6 Å². The second-order valence-electron chi connectivity index (χ2n) is 8.77. The maximum Gasteiger partial charge on any atom is 0.416 e. The molecule has 2 aliphatic rings. The van der Waals surface area contributed by atoms with E-state index in [1.165, 1.54) is 36.1 Å². The first-order chi connectivity index (χ1) is 16.2. The van der Waals surface area contributed by atoms with Crippen molar-refractivity contribution in [2.75, 3.05) is 6.54 Å². The Balaban J connectivity index is 1.69. The quantitative estimate of drug-likeness (QED) is 0.399. The molecular formula is C24H20F7NO3. The van der Waals surface area contributed by atoms with Crippen LogP contribution >= 0.6 is 0 Å². The van der Waals surface area contributed by atoms with E-state index in [9.17, 15) is 40.3 Å². The van der Waals surface area contributed by atoms with Gasteiger partial charge in [-0.1, -0.05) is 12.1 Å². The van der Waals surface area contributed by atoms with E-state index in [0.717, 1.165) is 0 Å². The van der Waals surface area contributed by atoms with Gasteiger partial charge in [0.25, 0.3) is 0 Å². The molecule has 0 saturated carbocycles. The molecule has 0 aromatic heterocycles. The number of nitrogens with zero attached hydrogens (tertiary/aromatic N) is 1. The third-order valence-corrected chi connectivity index (χ3v) is 6.41. The Labute approximate surface area is 195 Å². The number of Topliss-reactive ketones (excluding diaryl/α,β-unsaturated/α-hetero) is 1. The van der Waals surface area contributed by atoms with Gasteiger partial charge in [-0.2, -0.15) is 26.3 Å². The number of benzene rings is 2. The van der Waals surface area contributed by atoms with Crippen LogP contribution in [0.25, 0.3) is 0 Å². The van der Waals surface area contributed by atoms with Crippen LogP contribution in [0, 0.1) is 5.82 Å². The highest BCUT2D eigenvalue weighted by atomic mass is 19.4. The summed E-state index contributed by atoms with van der Waals surface area (Å²) in [7, 11) is 0. The summed E-state index contributed by atoms with van der Waals surface area (Å²) < 4.78 is 99.2. The first-order valence-electron chi connectivity index (χ1n) is 10.8. The van der Waals surface area contributed by atoms with Gasteiger partial charge in [-0.15, -0.1) is 0 Å². The monoisotopic (exact) mass is 503 g/mol. The number of hydrogen-bond acceptors (Lipinski definition) is 3. The summed E-state index contributed by atoms with van der Waals surface area (Å²) in [5, 5.41) is 0. The maximum atomic E-state index is 13.5. The van der Waals surface area contributed by atoms with E-state index in [4.69, 9.17) is 4.74 Å². The number of ether oxygens (including phenoxy) is 1. The number of ketones is 1. The Morgan fingerprint density at radius 2 is 1.51 bits per heavy atom. The lowest BCUT2D eigenvalue weighted by Crippen LogP contribution is -2.44. The van der Waals surface area contributed by atoms with Crippen LogP contribution in [0.15, 0.2) is 42.5 Å². The fourth-order valence-electron chi connectivity index (χ4n) is 4.79. The largest absolute Gasteiger partial charge is 0.416 e. The van der Waals surface area contributed by atoms with E-state index in [2.05, 4.69) is 0 Å². The number of amides is 1. The van der Waals surface area contributed by atoms with Crippen LogP contribution in [-0.4, -0.2) is 35.3 Å². The van der Waals surface area contributed by atoms with Gasteiger partial charge in [0, 0.05) is 24.9 Å². The minimum absolute atomic E-state index is 0.00570. The number of hydrogen-bond donors (Lipinski definition) is 0. The molecular weight excluding hydrogens is 483 g/mol. The predicted octanol–water partition coefficient (Wildman–Crippen LogP) is 5.67. The van der Waals surface area contributed by atoms with E-state index in [1.54, 1.807) is 0 Å². The number of fused-ring (bicyclic) bond motifs is 1. The first kappa shape index (κ1) is 25.2. The Morgan fingerprint density at radius 1 is 0.943 bits per heavy atom. The van der Waals surface area contributed by atoms with E-state index in [-0.39, 0.29) is 36.8 Å². The fraction of sp³-hybridized carbons (Fsp3) is 0.417. The minimum atomic E-state index is -5.01. The fourth-order valence-corrected chi connectivity index (χ4v) is 4.79. The summed E-state index contributed by atoms with van der Waals surface area (Å²) in [4.78, 5) is 26.0. The van der Waals surface area contributed by atoms with Crippen molar-refractivity contribution in [3.63, 3.8) is 0 Å². The molecule has 2 aromatic carbocycles. The van der Waals surface area contributed by atoms with Gasteiger partial charge in [0.05, 0.1) is 29.8 Å². The number of alkyl halides is 6. The molecule has 0 bridgehead atoms. The molecule has 2 fully saturated rings. The Bertz CT molecular complexity index is 1100. The smallest absolute Gasteiger partial charge is 0.368 e. The molecule has 11 heteroatoms. The molecule has 0 N–H and O–H groups in total. The average Bonchev–Trinajstić information content (AvgIpc) is 3.11. The molecule has 4 nitrogen and oxygen atoms in total. The van der Waals surface area contributed by atoms with Crippen LogP contribution in [0.2, 0.25) is 0 Å². The molecule has 188 valence electrons. The molecule has 35 heavy (non-hydrogen) atoms. The lowest BCUT2D eigenvalue weighted by Gasteiger charge is -2.32. The van der Waals surface area contributed by atoms with Gasteiger partial charge in [-0.05, 0) is 48.4 Å². The summed E-state index contributed by atoms with van der Waals surface area (Å²) in [6, 6.07) is 5.92. The molecule has 2 unspecified atom stereocenters. The van der Waals surface area contributed by atoms with Crippen molar-refractivity contribution in [2.45, 2.75) is 56.3 Å². The normalized spacial score (nSPS) is 24.0. The second-order valence-corrected chi connectivity index (χ2v) is 8.77. The summed E-state index contributed by atoms with van der Waals surface area (Å²) in [6.07, 6.45) is -12.3. The summed E-state index contributed by atoms with van der Waals surface area (Å²) in [5.74, 6) is -1.87. The number of carbonyl (C=O) groups excluding carboxylic acids is 2. The Hall–Kier alpha value is -2.95. The predicted molar refractivity (Wildman–Crippen MR) is 109 cm³/mol. The van der Waals surface area contributed by atoms with Crippen LogP contribution in [0.1, 0.15) is 54.0 Å². The van der Waals surface area contributed by atoms with Crippen LogP contribution in [0.4, 0.5) is 30.7 Å². The SMILES string of the molecule is C[C@@H](OC1CN2C(=O)CC(=O)CC2[C@@H]1c1ccc(F)cc1)c1cc(C(F)(F)F)cc(C(F)(F)F)c1. The molecule has 0 aliphatic carbocycles. The molecule has 2 aromatic rings. The molecule has 0 radical (unpaired) electrons. The zero-order chi connectivity index (χ0) is 25.7. The van der Waals surface area contributed by atoms with E-state index in [0.29, 0.717) is 17.7 Å². The van der Waals surface area contributed by atoms with Gasteiger partial charge in [-0.25, -0.2) is 4.39 Å². The molecule has 4 rings (SSSR count). The highest BCUT2D eigenvalue weighted by molar-refractivity contribution is 6.01. The second kappa shape index (κ2) is 8.92. The first-order valence-corrected chi connectivity index (χ1v) is 10.8. The van der Waals surface area contributed by atoms with Gasteiger partial charge in [0.1, 0.15) is 11.6 Å². The number of carbonyl (C=O) groups is 2. The van der Waals surface area contributed by atoms with Crippen molar-refractivity contribution in [2.24, 2.45) is 0 Å². The molecule has 1 amide bonds. The third-order valence-electron chi connectivity index (χ3n) is 6.41. The van der Waals surface area contributed by atoms with Crippen molar-refractivity contribution in [1.29, 1.82) is 0 Å². The molecule has 2 aliphatic heterocycles. The van der Waals surface area contributed by atoms with Crippen molar-refractivity contribution >= 4 is 11.7 Å². The number of piperidine rings is 1. The minimum Gasteiger partial charge on any atom is -0.368 e. The molecule has 2 saturated heterocycles. The van der Waals surface area contributed by atoms with Gasteiger partial charge < -0.3 is 9.64 Å². The lowest BCUT2D eigenvalue weighted by molar-refractivity contribution is -0.144. The van der Waals surface area contributed by atoms with Gasteiger partial charge >= 0.3 is 12.4 Å². The van der Waals surface area contributed by atoms with Gasteiger partial charge in [-0.3, -0.25) is 9.59 Å². The lowest BCUT2D eigenvalue weighted by atomic mass is 9.85. The van der Waals surface area contributed by atoms with E-state index >= 15 is 0 Å². The third kappa shape index (κ3) is 5.19. The van der Waals surface area contributed by atoms with Crippen molar-refractivity contribution in [3.8, 4) is 0 Å². The summed E-state index contributed by atoms with van der Waals surface area (Å²) in [5.41, 5.74) is -2.72. The number of halogens is 7. The van der Waals surface area contributed by atoms with Crippen molar-refractivity contribution in [3.05, 3.63) is 70.5 Å². The van der Waals surface area contributed by atoms with Crippen LogP contribution in [0.3, 0.4) is 0 Å². The molecule has 0 spiro atoms. The van der Waals surface area contributed by atoms with Gasteiger partial charge in [0.15, 0.2) is 0 Å². The highest BCUT2D eigenvalue weighted by Crippen LogP contribution is 2.43. The van der Waals surface area contributed by atoms with Gasteiger partial charge in [0.2, 0.25) is 5.91 Å². The zero-order valence-electron chi connectivity index (χ0n) is 18.3. The standard InChI is InChI=1S/C24H20F7NO3/c1-12(14-6-15(23(26,27)28)8-16(7-14)24(29,30)31)35-20-11-32-19(9-18(33)10-21(32)34)22(20)13-2-4-17(25)5-3-13/h2-8,12,19-20,22H,9-11H2,1H3/t12-,19?,20?,22+/m1/s1. The molecule has 2 heterocycles.